The smallest absolute Gasteiger partial charge is 0.280 e. The van der Waals surface area contributed by atoms with Gasteiger partial charge in [-0.1, -0.05) is 0 Å². The van der Waals surface area contributed by atoms with Crippen molar-refractivity contribution < 1.29 is 13.9 Å². The van der Waals surface area contributed by atoms with Crippen LogP contribution < -0.4 is 0 Å². The van der Waals surface area contributed by atoms with E-state index in [4.69, 9.17) is 5.11 Å². The lowest BCUT2D eigenvalue weighted by Crippen LogP contribution is -1.98. The van der Waals surface area contributed by atoms with E-state index >= 15 is 0 Å². The highest BCUT2D eigenvalue weighted by atomic mass is 127. The number of hydrogen-bond donors (Lipinski definition) is 1. The minimum atomic E-state index is -2.58. The molecule has 5 heteroatoms. The van der Waals surface area contributed by atoms with Crippen molar-refractivity contribution in [2.75, 3.05) is 0 Å². The van der Waals surface area contributed by atoms with Crippen LogP contribution in [0.25, 0.3) is 0 Å². The summed E-state index contributed by atoms with van der Waals surface area (Å²) in [4.78, 5) is 3.58. The molecular formula is C7H6F2INO. The molecule has 0 radical (unpaired) electrons. The number of hydrogen-bond acceptors (Lipinski definition) is 2. The lowest BCUT2D eigenvalue weighted by Gasteiger charge is -2.02. The Bertz CT molecular complexity index is 280. The molecule has 12 heavy (non-hydrogen) atoms. The minimum Gasteiger partial charge on any atom is -0.390 e. The molecule has 66 valence electrons. The Morgan fingerprint density at radius 3 is 2.67 bits per heavy atom. The van der Waals surface area contributed by atoms with Crippen molar-refractivity contribution >= 4 is 22.6 Å². The Kier molecular flexibility index (Phi) is 3.33. The molecule has 2 nitrogen and oxygen atoms in total. The van der Waals surface area contributed by atoms with Crippen molar-refractivity contribution in [3.8, 4) is 0 Å². The molecule has 0 aromatic carbocycles. The van der Waals surface area contributed by atoms with Crippen LogP contribution in [0.1, 0.15) is 17.8 Å². The van der Waals surface area contributed by atoms with E-state index in [1.807, 2.05) is 22.6 Å². The van der Waals surface area contributed by atoms with Crippen molar-refractivity contribution in [3.05, 3.63) is 27.1 Å². The van der Waals surface area contributed by atoms with Crippen LogP contribution in [0.5, 0.6) is 0 Å². The third kappa shape index (κ3) is 2.10. The maximum absolute atomic E-state index is 12.1. The first kappa shape index (κ1) is 9.79. The fourth-order valence-electron chi connectivity index (χ4n) is 0.734. The Hall–Kier alpha value is -0.300. The van der Waals surface area contributed by atoms with Gasteiger partial charge < -0.3 is 5.11 Å². The Labute approximate surface area is 81.8 Å². The highest BCUT2D eigenvalue weighted by Crippen LogP contribution is 2.19. The first-order chi connectivity index (χ1) is 5.65. The molecule has 0 spiro atoms. The van der Waals surface area contributed by atoms with E-state index in [9.17, 15) is 8.78 Å². The summed E-state index contributed by atoms with van der Waals surface area (Å²) in [7, 11) is 0. The van der Waals surface area contributed by atoms with Crippen molar-refractivity contribution in [2.24, 2.45) is 0 Å². The van der Waals surface area contributed by atoms with Gasteiger partial charge in [0.2, 0.25) is 0 Å². The summed E-state index contributed by atoms with van der Waals surface area (Å²) >= 11 is 1.93. The predicted molar refractivity (Wildman–Crippen MR) is 47.8 cm³/mol. The molecule has 0 amide bonds. The van der Waals surface area contributed by atoms with Crippen molar-refractivity contribution in [2.45, 2.75) is 13.0 Å². The molecule has 0 aliphatic heterocycles. The molecule has 0 unspecified atom stereocenters. The molecule has 0 fully saturated rings. The predicted octanol–water partition coefficient (Wildman–Crippen LogP) is 2.12. The normalized spacial score (nSPS) is 10.8. The number of rotatable bonds is 2. The topological polar surface area (TPSA) is 33.1 Å². The summed E-state index contributed by atoms with van der Waals surface area (Å²) in [6, 6.07) is 2.77. The molecule has 0 saturated heterocycles. The van der Waals surface area contributed by atoms with Gasteiger partial charge in [-0.3, -0.25) is 0 Å². The summed E-state index contributed by atoms with van der Waals surface area (Å²) in [5, 5.41) is 8.71. The van der Waals surface area contributed by atoms with Gasteiger partial charge in [-0.15, -0.1) is 0 Å². The fourth-order valence-corrected chi connectivity index (χ4v) is 1.20. The largest absolute Gasteiger partial charge is 0.390 e. The van der Waals surface area contributed by atoms with E-state index in [0.29, 0.717) is 9.26 Å². The average Bonchev–Trinajstić information content (AvgIpc) is 2.05. The van der Waals surface area contributed by atoms with E-state index < -0.39 is 6.43 Å². The number of aromatic nitrogens is 1. The molecule has 1 aromatic heterocycles. The summed E-state index contributed by atoms with van der Waals surface area (Å²) in [6.07, 6.45) is -2.58. The monoisotopic (exact) mass is 285 g/mol. The molecule has 1 N–H and O–H groups in total. The van der Waals surface area contributed by atoms with Crippen LogP contribution in [-0.4, -0.2) is 10.1 Å². The number of nitrogens with zero attached hydrogens (tertiary/aromatic N) is 1. The zero-order valence-corrected chi connectivity index (χ0v) is 8.12. The quantitative estimate of drug-likeness (QED) is 0.844. The number of pyridine rings is 1. The first-order valence-corrected chi connectivity index (χ1v) is 4.27. The third-order valence-electron chi connectivity index (χ3n) is 1.31. The highest BCUT2D eigenvalue weighted by Gasteiger charge is 2.10. The maximum atomic E-state index is 12.1. The Morgan fingerprint density at radius 2 is 2.17 bits per heavy atom. The maximum Gasteiger partial charge on any atom is 0.280 e. The second-order valence-electron chi connectivity index (χ2n) is 2.12. The van der Waals surface area contributed by atoms with Crippen molar-refractivity contribution in [1.82, 2.24) is 4.98 Å². The molecule has 0 atom stereocenters. The average molecular weight is 285 g/mol. The highest BCUT2D eigenvalue weighted by molar-refractivity contribution is 14.1. The van der Waals surface area contributed by atoms with Gasteiger partial charge >= 0.3 is 0 Å². The van der Waals surface area contributed by atoms with E-state index in [-0.39, 0.29) is 12.3 Å². The van der Waals surface area contributed by atoms with Gasteiger partial charge in [-0.2, -0.15) is 0 Å². The number of aliphatic hydroxyl groups is 1. The van der Waals surface area contributed by atoms with Crippen molar-refractivity contribution in [1.29, 1.82) is 0 Å². The van der Waals surface area contributed by atoms with Gasteiger partial charge in [0, 0.05) is 3.57 Å². The second-order valence-corrected chi connectivity index (χ2v) is 3.29. The van der Waals surface area contributed by atoms with Crippen LogP contribution in [0.2, 0.25) is 0 Å². The molecule has 0 saturated carbocycles. The third-order valence-corrected chi connectivity index (χ3v) is 2.30. The molecule has 0 aliphatic rings. The molecule has 0 aliphatic carbocycles. The summed E-state index contributed by atoms with van der Waals surface area (Å²) in [5.41, 5.74) is 0.00728. The van der Waals surface area contributed by atoms with Gasteiger partial charge in [0.05, 0.1) is 12.3 Å². The van der Waals surface area contributed by atoms with Crippen molar-refractivity contribution in [3.63, 3.8) is 0 Å². The van der Waals surface area contributed by atoms with E-state index in [1.54, 1.807) is 0 Å². The molecular weight excluding hydrogens is 279 g/mol. The van der Waals surface area contributed by atoms with Gasteiger partial charge in [-0.05, 0) is 34.7 Å². The Balaban J connectivity index is 3.05. The van der Waals surface area contributed by atoms with Crippen LogP contribution in [0.3, 0.4) is 0 Å². The van der Waals surface area contributed by atoms with E-state index in [2.05, 4.69) is 4.98 Å². The second kappa shape index (κ2) is 4.08. The lowest BCUT2D eigenvalue weighted by molar-refractivity contribution is 0.145. The van der Waals surface area contributed by atoms with Gasteiger partial charge in [-0.25, -0.2) is 13.8 Å². The van der Waals surface area contributed by atoms with Crippen LogP contribution in [-0.2, 0) is 6.61 Å². The summed E-state index contributed by atoms with van der Waals surface area (Å²) < 4.78 is 24.8. The van der Waals surface area contributed by atoms with Crippen LogP contribution >= 0.6 is 22.6 Å². The fraction of sp³-hybridized carbons (Fsp3) is 0.286. The molecule has 0 bridgehead atoms. The zero-order valence-electron chi connectivity index (χ0n) is 5.97. The summed E-state index contributed by atoms with van der Waals surface area (Å²) in [6.45, 7) is -0.307. The first-order valence-electron chi connectivity index (χ1n) is 3.19. The SMILES string of the molecule is OCc1nc(C(F)F)ccc1I. The van der Waals surface area contributed by atoms with E-state index in [0.717, 1.165) is 0 Å². The molecule has 1 heterocycles. The number of alkyl halides is 2. The molecule has 1 rings (SSSR count). The van der Waals surface area contributed by atoms with Gasteiger partial charge in [0.1, 0.15) is 5.69 Å². The lowest BCUT2D eigenvalue weighted by atomic mass is 10.3. The van der Waals surface area contributed by atoms with Gasteiger partial charge in [0.15, 0.2) is 0 Å². The molecule has 1 aromatic rings. The van der Waals surface area contributed by atoms with Crippen LogP contribution in [0, 0.1) is 3.57 Å². The summed E-state index contributed by atoms with van der Waals surface area (Å²) in [5.74, 6) is 0. The minimum absolute atomic E-state index is 0.292. The number of halogens is 3. The Morgan fingerprint density at radius 1 is 1.50 bits per heavy atom. The zero-order chi connectivity index (χ0) is 9.14. The standard InChI is InChI=1S/C7H6F2INO/c8-7(9)5-2-1-4(10)6(3-12)11-5/h1-2,7,12H,3H2. The number of aliphatic hydroxyl groups excluding tert-OH is 1. The van der Waals surface area contributed by atoms with Crippen LogP contribution in [0.4, 0.5) is 8.78 Å². The van der Waals surface area contributed by atoms with Crippen LogP contribution in [0.15, 0.2) is 12.1 Å². The van der Waals surface area contributed by atoms with Gasteiger partial charge in [0.25, 0.3) is 6.43 Å². The van der Waals surface area contributed by atoms with E-state index in [1.165, 1.54) is 12.1 Å².